The van der Waals surface area contributed by atoms with Gasteiger partial charge in [0, 0.05) is 11.4 Å². The van der Waals surface area contributed by atoms with Gasteiger partial charge in [-0.2, -0.15) is 0 Å². The summed E-state index contributed by atoms with van der Waals surface area (Å²) in [6.45, 7) is 6.23. The van der Waals surface area contributed by atoms with Crippen LogP contribution in [0, 0.1) is 13.8 Å². The Bertz CT molecular complexity index is 710. The molecule has 0 radical (unpaired) electrons. The third kappa shape index (κ3) is 2.38. The molecule has 0 spiro atoms. The van der Waals surface area contributed by atoms with E-state index in [1.807, 2.05) is 18.2 Å². The van der Waals surface area contributed by atoms with Gasteiger partial charge in [-0.3, -0.25) is 0 Å². The van der Waals surface area contributed by atoms with Crippen LogP contribution in [0.15, 0.2) is 48.2 Å². The van der Waals surface area contributed by atoms with Crippen LogP contribution in [-0.2, 0) is 4.79 Å². The summed E-state index contributed by atoms with van der Waals surface area (Å²) in [5, 5.41) is 0. The SMILES string of the molecule is CC1=Cc2ccccc2C(C=O)N1c1cc(C)cc(C)c1. The second kappa shape index (κ2) is 5.21. The molecule has 2 heteroatoms. The summed E-state index contributed by atoms with van der Waals surface area (Å²) in [7, 11) is 0. The summed E-state index contributed by atoms with van der Waals surface area (Å²) in [6.07, 6.45) is 3.18. The molecule has 0 saturated heterocycles. The summed E-state index contributed by atoms with van der Waals surface area (Å²) in [6, 6.07) is 14.3. The Morgan fingerprint density at radius 3 is 2.33 bits per heavy atom. The Labute approximate surface area is 125 Å². The van der Waals surface area contributed by atoms with Crippen LogP contribution in [-0.4, -0.2) is 6.29 Å². The molecule has 1 aliphatic rings. The van der Waals surface area contributed by atoms with Crippen molar-refractivity contribution in [1.82, 2.24) is 0 Å². The zero-order chi connectivity index (χ0) is 15.0. The minimum Gasteiger partial charge on any atom is -0.331 e. The molecular formula is C19H19NO. The summed E-state index contributed by atoms with van der Waals surface area (Å²) < 4.78 is 0. The van der Waals surface area contributed by atoms with E-state index in [0.717, 1.165) is 28.8 Å². The monoisotopic (exact) mass is 277 g/mol. The Hall–Kier alpha value is -2.35. The zero-order valence-electron chi connectivity index (χ0n) is 12.6. The molecular weight excluding hydrogens is 258 g/mol. The standard InChI is InChI=1S/C19H19NO/c1-13-8-14(2)10-17(9-13)20-15(3)11-16-6-4-5-7-18(16)19(20)12-21/h4-12,19H,1-3H3. The first-order valence-corrected chi connectivity index (χ1v) is 7.20. The minimum atomic E-state index is -0.257. The van der Waals surface area contributed by atoms with Gasteiger partial charge in [0.15, 0.2) is 0 Å². The molecule has 1 aliphatic heterocycles. The lowest BCUT2D eigenvalue weighted by Crippen LogP contribution is -2.31. The number of rotatable bonds is 2. The molecule has 0 aliphatic carbocycles. The second-order valence-electron chi connectivity index (χ2n) is 5.71. The van der Waals surface area contributed by atoms with Gasteiger partial charge in [0.05, 0.1) is 0 Å². The van der Waals surface area contributed by atoms with Gasteiger partial charge in [-0.05, 0) is 61.2 Å². The van der Waals surface area contributed by atoms with Crippen molar-refractivity contribution in [3.8, 4) is 0 Å². The number of anilines is 1. The lowest BCUT2D eigenvalue weighted by Gasteiger charge is -2.36. The fourth-order valence-corrected chi connectivity index (χ4v) is 3.15. The topological polar surface area (TPSA) is 20.3 Å². The van der Waals surface area contributed by atoms with E-state index in [0.29, 0.717) is 0 Å². The van der Waals surface area contributed by atoms with Crippen molar-refractivity contribution >= 4 is 18.0 Å². The van der Waals surface area contributed by atoms with Crippen molar-refractivity contribution in [3.05, 3.63) is 70.4 Å². The number of nitrogens with zero attached hydrogens (tertiary/aromatic N) is 1. The number of aryl methyl sites for hydroxylation is 2. The molecule has 21 heavy (non-hydrogen) atoms. The van der Waals surface area contributed by atoms with E-state index in [1.54, 1.807) is 0 Å². The third-order valence-electron chi connectivity index (χ3n) is 3.95. The highest BCUT2D eigenvalue weighted by atomic mass is 16.1. The van der Waals surface area contributed by atoms with Crippen molar-refractivity contribution in [2.75, 3.05) is 4.90 Å². The molecule has 1 atom stereocenters. The van der Waals surface area contributed by atoms with Gasteiger partial charge in [0.2, 0.25) is 0 Å². The number of fused-ring (bicyclic) bond motifs is 1. The van der Waals surface area contributed by atoms with Gasteiger partial charge in [-0.1, -0.05) is 30.3 Å². The highest BCUT2D eigenvalue weighted by molar-refractivity contribution is 5.80. The molecule has 0 aromatic heterocycles. The van der Waals surface area contributed by atoms with Crippen LogP contribution in [0.5, 0.6) is 0 Å². The van der Waals surface area contributed by atoms with Crippen molar-refractivity contribution in [2.24, 2.45) is 0 Å². The molecule has 2 aromatic rings. The molecule has 1 unspecified atom stereocenters. The largest absolute Gasteiger partial charge is 0.331 e. The van der Waals surface area contributed by atoms with Gasteiger partial charge in [0.1, 0.15) is 12.3 Å². The lowest BCUT2D eigenvalue weighted by atomic mass is 9.94. The minimum absolute atomic E-state index is 0.257. The maximum Gasteiger partial charge on any atom is 0.147 e. The first-order chi connectivity index (χ1) is 10.1. The third-order valence-corrected chi connectivity index (χ3v) is 3.95. The van der Waals surface area contributed by atoms with Crippen LogP contribution >= 0.6 is 0 Å². The highest BCUT2D eigenvalue weighted by Crippen LogP contribution is 2.37. The van der Waals surface area contributed by atoms with Crippen LogP contribution in [0.3, 0.4) is 0 Å². The number of allylic oxidation sites excluding steroid dienone is 1. The fourth-order valence-electron chi connectivity index (χ4n) is 3.15. The average molecular weight is 277 g/mol. The van der Waals surface area contributed by atoms with Crippen molar-refractivity contribution in [3.63, 3.8) is 0 Å². The summed E-state index contributed by atoms with van der Waals surface area (Å²) in [5.74, 6) is 0. The van der Waals surface area contributed by atoms with Gasteiger partial charge in [-0.15, -0.1) is 0 Å². The average Bonchev–Trinajstić information content (AvgIpc) is 2.44. The van der Waals surface area contributed by atoms with E-state index in [-0.39, 0.29) is 6.04 Å². The molecule has 3 rings (SSSR count). The maximum absolute atomic E-state index is 11.8. The van der Waals surface area contributed by atoms with Gasteiger partial charge in [-0.25, -0.2) is 0 Å². The van der Waals surface area contributed by atoms with Gasteiger partial charge < -0.3 is 9.69 Å². The highest BCUT2D eigenvalue weighted by Gasteiger charge is 2.27. The quantitative estimate of drug-likeness (QED) is 0.757. The van der Waals surface area contributed by atoms with Gasteiger partial charge in [0.25, 0.3) is 0 Å². The Morgan fingerprint density at radius 2 is 1.67 bits per heavy atom. The second-order valence-corrected chi connectivity index (χ2v) is 5.71. The van der Waals surface area contributed by atoms with E-state index >= 15 is 0 Å². The number of benzene rings is 2. The summed E-state index contributed by atoms with van der Waals surface area (Å²) in [4.78, 5) is 13.9. The summed E-state index contributed by atoms with van der Waals surface area (Å²) in [5.41, 5.74) is 6.79. The van der Waals surface area contributed by atoms with E-state index in [1.165, 1.54) is 11.1 Å². The van der Waals surface area contributed by atoms with E-state index in [4.69, 9.17) is 0 Å². The Balaban J connectivity index is 2.16. The molecule has 0 amide bonds. The number of carbonyl (C=O) groups is 1. The van der Waals surface area contributed by atoms with Crippen LogP contribution in [0.1, 0.15) is 35.2 Å². The molecule has 2 aromatic carbocycles. The molecule has 2 nitrogen and oxygen atoms in total. The molecule has 106 valence electrons. The molecule has 0 saturated carbocycles. The molecule has 0 fully saturated rings. The smallest absolute Gasteiger partial charge is 0.147 e. The van der Waals surface area contributed by atoms with Crippen LogP contribution in [0.2, 0.25) is 0 Å². The fraction of sp³-hybridized carbons (Fsp3) is 0.211. The molecule has 0 N–H and O–H groups in total. The molecule has 1 heterocycles. The van der Waals surface area contributed by atoms with E-state index in [2.05, 4.69) is 56.0 Å². The van der Waals surface area contributed by atoms with Crippen LogP contribution < -0.4 is 4.90 Å². The Kier molecular flexibility index (Phi) is 3.38. The lowest BCUT2D eigenvalue weighted by molar-refractivity contribution is -0.109. The van der Waals surface area contributed by atoms with Crippen molar-refractivity contribution in [2.45, 2.75) is 26.8 Å². The van der Waals surface area contributed by atoms with Crippen molar-refractivity contribution < 1.29 is 4.79 Å². The summed E-state index contributed by atoms with van der Waals surface area (Å²) >= 11 is 0. The number of hydrogen-bond acceptors (Lipinski definition) is 2. The number of carbonyl (C=O) groups excluding carboxylic acids is 1. The Morgan fingerprint density at radius 1 is 1.00 bits per heavy atom. The number of aldehydes is 1. The predicted octanol–water partition coefficient (Wildman–Crippen LogP) is 4.42. The normalized spacial score (nSPS) is 17.2. The van der Waals surface area contributed by atoms with Gasteiger partial charge >= 0.3 is 0 Å². The van der Waals surface area contributed by atoms with E-state index < -0.39 is 0 Å². The van der Waals surface area contributed by atoms with E-state index in [9.17, 15) is 4.79 Å². The van der Waals surface area contributed by atoms with Crippen LogP contribution in [0.25, 0.3) is 6.08 Å². The van der Waals surface area contributed by atoms with Crippen LogP contribution in [0.4, 0.5) is 5.69 Å². The maximum atomic E-state index is 11.8. The molecule has 0 bridgehead atoms. The number of hydrogen-bond donors (Lipinski definition) is 0. The van der Waals surface area contributed by atoms with Crippen molar-refractivity contribution in [1.29, 1.82) is 0 Å². The predicted molar refractivity (Wildman–Crippen MR) is 87.3 cm³/mol. The first kappa shape index (κ1) is 13.6. The zero-order valence-corrected chi connectivity index (χ0v) is 12.6. The first-order valence-electron chi connectivity index (χ1n) is 7.20.